The van der Waals surface area contributed by atoms with E-state index in [0.717, 1.165) is 23.5 Å². The van der Waals surface area contributed by atoms with Crippen LogP contribution in [0.4, 0.5) is 0 Å². The zero-order valence-corrected chi connectivity index (χ0v) is 14.2. The standard InChI is InChI=1S/C12H26O2Si2/c1-16(2)12(8-4-6-10-14-12)11(15)7-3-5-9-13-11/h16H,3-10H2,1-2,15H3/p+1. The summed E-state index contributed by atoms with van der Waals surface area (Å²) in [6.45, 7) is 6.83. The lowest BCUT2D eigenvalue weighted by molar-refractivity contribution is -0.160. The molecule has 94 valence electrons. The highest BCUT2D eigenvalue weighted by molar-refractivity contribution is 6.60. The molecule has 2 fully saturated rings. The highest BCUT2D eigenvalue weighted by Gasteiger charge is 2.53. The molecule has 2 unspecified atom stereocenters. The Morgan fingerprint density at radius 2 is 1.62 bits per heavy atom. The molecule has 4 heteroatoms. The molecule has 0 aromatic rings. The SMILES string of the molecule is C[SiH](C)C1(C2([SiH3])CCCCO2)CCCCO1.[H+]. The summed E-state index contributed by atoms with van der Waals surface area (Å²) in [5.74, 6) is 0. The van der Waals surface area contributed by atoms with Crippen molar-refractivity contribution in [1.82, 2.24) is 0 Å². The zero-order chi connectivity index (χ0) is 11.6. The van der Waals surface area contributed by atoms with Crippen LogP contribution in [0.25, 0.3) is 0 Å². The molecule has 0 aromatic heterocycles. The molecule has 0 amide bonds. The molecular weight excluding hydrogens is 232 g/mol. The summed E-state index contributed by atoms with van der Waals surface area (Å²) in [6, 6.07) is 0. The van der Waals surface area contributed by atoms with E-state index in [-0.39, 0.29) is 11.9 Å². The first kappa shape index (κ1) is 12.8. The molecule has 0 aliphatic carbocycles. The number of ether oxygens (including phenoxy) is 2. The van der Waals surface area contributed by atoms with Crippen LogP contribution in [-0.4, -0.2) is 42.7 Å². The van der Waals surface area contributed by atoms with Crippen LogP contribution in [0.5, 0.6) is 0 Å². The van der Waals surface area contributed by atoms with Gasteiger partial charge in [-0.1, -0.05) is 13.1 Å². The van der Waals surface area contributed by atoms with Crippen LogP contribution >= 0.6 is 0 Å². The lowest BCUT2D eigenvalue weighted by Crippen LogP contribution is -2.66. The quantitative estimate of drug-likeness (QED) is 0.697. The maximum atomic E-state index is 6.34. The van der Waals surface area contributed by atoms with Gasteiger partial charge in [0.1, 0.15) is 0 Å². The molecule has 0 bridgehead atoms. The van der Waals surface area contributed by atoms with Crippen molar-refractivity contribution in [3.8, 4) is 0 Å². The minimum Gasteiger partial charge on any atom is -0.377 e. The smallest absolute Gasteiger partial charge is 0.377 e. The first-order valence-electron chi connectivity index (χ1n) is 6.89. The van der Waals surface area contributed by atoms with E-state index in [1.165, 1.54) is 38.5 Å². The van der Waals surface area contributed by atoms with Crippen LogP contribution in [0, 0.1) is 0 Å². The maximum absolute atomic E-state index is 6.34. The molecule has 2 rings (SSSR count). The Labute approximate surface area is 106 Å². The van der Waals surface area contributed by atoms with Crippen molar-refractivity contribution < 1.29 is 10.9 Å². The van der Waals surface area contributed by atoms with Crippen LogP contribution in [-0.2, 0) is 9.47 Å². The Morgan fingerprint density at radius 3 is 2.06 bits per heavy atom. The zero-order valence-electron chi connectivity index (χ0n) is 12.1. The average molecular weight is 260 g/mol. The Hall–Kier alpha value is 0.354. The second kappa shape index (κ2) is 4.92. The molecule has 2 saturated heterocycles. The van der Waals surface area contributed by atoms with Gasteiger partial charge in [-0.2, -0.15) is 0 Å². The van der Waals surface area contributed by atoms with Gasteiger partial charge in [0, 0.05) is 23.5 Å². The van der Waals surface area contributed by atoms with Crippen LogP contribution in [0.3, 0.4) is 0 Å². The van der Waals surface area contributed by atoms with Crippen LogP contribution in [0.15, 0.2) is 0 Å². The van der Waals surface area contributed by atoms with Crippen molar-refractivity contribution in [2.24, 2.45) is 0 Å². The molecule has 16 heavy (non-hydrogen) atoms. The van der Waals surface area contributed by atoms with Gasteiger partial charge in [-0.05, 0) is 38.5 Å². The topological polar surface area (TPSA) is 18.5 Å². The van der Waals surface area contributed by atoms with Crippen molar-refractivity contribution in [2.75, 3.05) is 13.2 Å². The third kappa shape index (κ3) is 2.05. The van der Waals surface area contributed by atoms with Crippen LogP contribution in [0.1, 0.15) is 40.0 Å². The minimum absolute atomic E-state index is 0. The fourth-order valence-corrected chi connectivity index (χ4v) is 8.93. The monoisotopic (exact) mass is 259 g/mol. The Morgan fingerprint density at radius 1 is 1.00 bits per heavy atom. The predicted octanol–water partition coefficient (Wildman–Crippen LogP) is 1.33. The number of hydrogen-bond acceptors (Lipinski definition) is 2. The second-order valence-corrected chi connectivity index (χ2v) is 10.7. The molecule has 2 atom stereocenters. The van der Waals surface area contributed by atoms with Gasteiger partial charge in [-0.3, -0.25) is 0 Å². The van der Waals surface area contributed by atoms with Gasteiger partial charge >= 0.3 is 1.43 Å². The fraction of sp³-hybridized carbons (Fsp3) is 1.00. The summed E-state index contributed by atoms with van der Waals surface area (Å²) in [7, 11) is 0.290. The van der Waals surface area contributed by atoms with Gasteiger partial charge in [0.05, 0.1) is 19.2 Å². The van der Waals surface area contributed by atoms with E-state index in [2.05, 4.69) is 13.1 Å². The number of hydrogen-bond donors (Lipinski definition) is 0. The van der Waals surface area contributed by atoms with E-state index < -0.39 is 8.80 Å². The normalized spacial score (nSPS) is 41.4. The molecule has 2 aliphatic heterocycles. The summed E-state index contributed by atoms with van der Waals surface area (Å²) >= 11 is 0. The third-order valence-corrected chi connectivity index (χ3v) is 9.74. The van der Waals surface area contributed by atoms with Crippen molar-refractivity contribution in [3.05, 3.63) is 0 Å². The van der Waals surface area contributed by atoms with Gasteiger partial charge in [0.15, 0.2) is 0 Å². The van der Waals surface area contributed by atoms with E-state index in [4.69, 9.17) is 9.47 Å². The van der Waals surface area contributed by atoms with E-state index in [1.54, 1.807) is 0 Å². The highest BCUT2D eigenvalue weighted by atomic mass is 28.3. The van der Waals surface area contributed by atoms with Gasteiger partial charge in [0.2, 0.25) is 0 Å². The summed E-state index contributed by atoms with van der Waals surface area (Å²) in [5.41, 5.74) is 0. The van der Waals surface area contributed by atoms with Crippen molar-refractivity contribution in [1.29, 1.82) is 0 Å². The van der Waals surface area contributed by atoms with E-state index >= 15 is 0 Å². The van der Waals surface area contributed by atoms with Crippen molar-refractivity contribution in [3.63, 3.8) is 0 Å². The summed E-state index contributed by atoms with van der Waals surface area (Å²) in [6.07, 6.45) is 7.71. The average Bonchev–Trinajstić information content (AvgIpc) is 2.30. The van der Waals surface area contributed by atoms with Gasteiger partial charge in [-0.25, -0.2) is 0 Å². The minimum atomic E-state index is -0.841. The molecular formula is C12H27O2Si2+. The predicted molar refractivity (Wildman–Crippen MR) is 75.0 cm³/mol. The second-order valence-electron chi connectivity index (χ2n) is 5.89. The first-order valence-corrected chi connectivity index (χ1v) is 10.8. The van der Waals surface area contributed by atoms with Crippen molar-refractivity contribution in [2.45, 2.75) is 62.1 Å². The largest absolute Gasteiger partial charge is 1.00 e. The Kier molecular flexibility index (Phi) is 3.94. The molecule has 0 radical (unpaired) electrons. The summed E-state index contributed by atoms with van der Waals surface area (Å²) in [5, 5.41) is 0.309. The lowest BCUT2D eigenvalue weighted by Gasteiger charge is -2.54. The van der Waals surface area contributed by atoms with E-state index in [9.17, 15) is 0 Å². The van der Waals surface area contributed by atoms with E-state index in [1.807, 2.05) is 0 Å². The molecule has 0 N–H and O–H groups in total. The highest BCUT2D eigenvalue weighted by Crippen LogP contribution is 2.42. The van der Waals surface area contributed by atoms with Gasteiger partial charge in [0.25, 0.3) is 0 Å². The summed E-state index contributed by atoms with van der Waals surface area (Å²) in [4.78, 5) is 0. The fourth-order valence-electron chi connectivity index (χ4n) is 3.57. The third-order valence-electron chi connectivity index (χ3n) is 4.60. The molecule has 0 spiro atoms. The van der Waals surface area contributed by atoms with Gasteiger partial charge < -0.3 is 9.47 Å². The van der Waals surface area contributed by atoms with E-state index in [0.29, 0.717) is 0 Å². The molecule has 0 aromatic carbocycles. The summed E-state index contributed by atoms with van der Waals surface area (Å²) < 4.78 is 12.6. The molecule has 2 heterocycles. The molecule has 2 nitrogen and oxygen atoms in total. The molecule has 2 aliphatic rings. The maximum Gasteiger partial charge on any atom is 1.00 e. The first-order chi connectivity index (χ1) is 7.61. The molecule has 0 saturated carbocycles. The number of rotatable bonds is 2. The Balaban J connectivity index is 0.00000144. The Bertz CT molecular complexity index is 237. The lowest BCUT2D eigenvalue weighted by atomic mass is 9.96. The van der Waals surface area contributed by atoms with Crippen molar-refractivity contribution >= 4 is 19.0 Å². The van der Waals surface area contributed by atoms with Gasteiger partial charge in [-0.15, -0.1) is 0 Å². The van der Waals surface area contributed by atoms with Crippen LogP contribution < -0.4 is 0 Å². The van der Waals surface area contributed by atoms with Crippen LogP contribution in [0.2, 0.25) is 13.1 Å².